The molecule has 5 heteroatoms. The number of nitrogens with two attached hydrogens (primary N) is 1. The lowest BCUT2D eigenvalue weighted by molar-refractivity contribution is -0.0319. The van der Waals surface area contributed by atoms with E-state index in [2.05, 4.69) is 4.90 Å². The van der Waals surface area contributed by atoms with Crippen LogP contribution in [0.5, 0.6) is 0 Å². The molecule has 2 aliphatic rings. The molecule has 2 aliphatic heterocycles. The van der Waals surface area contributed by atoms with Crippen molar-refractivity contribution < 1.29 is 13.5 Å². The largest absolute Gasteiger partial charge is 0.375 e. The number of benzene rings is 1. The molecule has 3 nitrogen and oxygen atoms in total. The van der Waals surface area contributed by atoms with Gasteiger partial charge in [-0.3, -0.25) is 4.90 Å². The third kappa shape index (κ3) is 4.49. The molecule has 2 fully saturated rings. The number of hydrogen-bond donors (Lipinski definition) is 1. The molecule has 0 aromatic heterocycles. The molecule has 2 saturated heterocycles. The van der Waals surface area contributed by atoms with E-state index >= 15 is 0 Å². The molecule has 0 saturated carbocycles. The highest BCUT2D eigenvalue weighted by Crippen LogP contribution is 2.25. The quantitative estimate of drug-likeness (QED) is 0.925. The zero-order valence-corrected chi connectivity index (χ0v) is 13.5. The van der Waals surface area contributed by atoms with Crippen LogP contribution in [0, 0.1) is 11.7 Å². The molecule has 0 radical (unpaired) electrons. The summed E-state index contributed by atoms with van der Waals surface area (Å²) in [5.74, 6) is -0.234. The van der Waals surface area contributed by atoms with Gasteiger partial charge in [0.25, 0.3) is 0 Å². The predicted molar refractivity (Wildman–Crippen MR) is 86.5 cm³/mol. The van der Waals surface area contributed by atoms with Gasteiger partial charge in [0.2, 0.25) is 0 Å². The summed E-state index contributed by atoms with van der Waals surface area (Å²) in [5, 5.41) is 0. The summed E-state index contributed by atoms with van der Waals surface area (Å²) in [6, 6.07) is 6.46. The van der Waals surface area contributed by atoms with E-state index in [1.165, 1.54) is 12.1 Å². The fourth-order valence-corrected chi connectivity index (χ4v) is 3.64. The number of piperidine rings is 1. The first-order chi connectivity index (χ1) is 11.1. The predicted octanol–water partition coefficient (Wildman–Crippen LogP) is 2.53. The van der Waals surface area contributed by atoms with Crippen LogP contribution in [0.1, 0.15) is 24.8 Å². The maximum absolute atomic E-state index is 14.5. The van der Waals surface area contributed by atoms with Gasteiger partial charge in [0.05, 0.1) is 6.10 Å². The minimum Gasteiger partial charge on any atom is -0.375 e. The first kappa shape index (κ1) is 16.8. The minimum atomic E-state index is -0.853. The SMILES string of the molecule is NC1CCCOC1CN1CCC(Cc2ccc(F)cc2)C(F)C1. The fourth-order valence-electron chi connectivity index (χ4n) is 3.64. The van der Waals surface area contributed by atoms with Crippen molar-refractivity contribution in [3.8, 4) is 0 Å². The summed E-state index contributed by atoms with van der Waals surface area (Å²) in [5.41, 5.74) is 7.10. The lowest BCUT2D eigenvalue weighted by atomic mass is 9.88. The first-order valence-corrected chi connectivity index (χ1v) is 8.60. The first-order valence-electron chi connectivity index (χ1n) is 8.60. The van der Waals surface area contributed by atoms with Crippen molar-refractivity contribution in [2.24, 2.45) is 11.7 Å². The van der Waals surface area contributed by atoms with Gasteiger partial charge in [-0.25, -0.2) is 8.78 Å². The Bertz CT molecular complexity index is 496. The van der Waals surface area contributed by atoms with Crippen LogP contribution in [0.15, 0.2) is 24.3 Å². The summed E-state index contributed by atoms with van der Waals surface area (Å²) in [6.45, 7) is 2.81. The Morgan fingerprint density at radius 1 is 1.22 bits per heavy atom. The van der Waals surface area contributed by atoms with Gasteiger partial charge in [-0.05, 0) is 55.8 Å². The molecule has 4 atom stereocenters. The highest BCUT2D eigenvalue weighted by atomic mass is 19.1. The number of ether oxygens (including phenoxy) is 1. The van der Waals surface area contributed by atoms with Gasteiger partial charge < -0.3 is 10.5 Å². The summed E-state index contributed by atoms with van der Waals surface area (Å²) < 4.78 is 33.2. The van der Waals surface area contributed by atoms with E-state index < -0.39 is 6.17 Å². The highest BCUT2D eigenvalue weighted by Gasteiger charge is 2.32. The van der Waals surface area contributed by atoms with Gasteiger partial charge >= 0.3 is 0 Å². The van der Waals surface area contributed by atoms with Gasteiger partial charge in [0, 0.05) is 25.7 Å². The van der Waals surface area contributed by atoms with Gasteiger partial charge in [0.15, 0.2) is 0 Å². The van der Waals surface area contributed by atoms with Crippen LogP contribution in [-0.2, 0) is 11.2 Å². The van der Waals surface area contributed by atoms with Crippen LogP contribution < -0.4 is 5.73 Å². The van der Waals surface area contributed by atoms with E-state index in [0.717, 1.165) is 44.5 Å². The average Bonchev–Trinajstić information content (AvgIpc) is 2.54. The number of alkyl halides is 1. The third-order valence-corrected chi connectivity index (χ3v) is 5.10. The topological polar surface area (TPSA) is 38.5 Å². The van der Waals surface area contributed by atoms with Gasteiger partial charge in [-0.2, -0.15) is 0 Å². The Morgan fingerprint density at radius 3 is 2.70 bits per heavy atom. The van der Waals surface area contributed by atoms with Crippen molar-refractivity contribution in [3.05, 3.63) is 35.6 Å². The van der Waals surface area contributed by atoms with E-state index in [-0.39, 0.29) is 23.9 Å². The fraction of sp³-hybridized carbons (Fsp3) is 0.667. The van der Waals surface area contributed by atoms with Crippen molar-refractivity contribution in [1.29, 1.82) is 0 Å². The molecule has 128 valence electrons. The average molecular weight is 324 g/mol. The Balaban J connectivity index is 1.49. The molecular weight excluding hydrogens is 298 g/mol. The van der Waals surface area contributed by atoms with Crippen LogP contribution in [0.3, 0.4) is 0 Å². The summed E-state index contributed by atoms with van der Waals surface area (Å²) in [6.07, 6.45) is 2.68. The minimum absolute atomic E-state index is 0.0117. The number of likely N-dealkylation sites (tertiary alicyclic amines) is 1. The monoisotopic (exact) mass is 324 g/mol. The number of nitrogens with zero attached hydrogens (tertiary/aromatic N) is 1. The van der Waals surface area contributed by atoms with Crippen LogP contribution in [-0.4, -0.2) is 49.5 Å². The maximum Gasteiger partial charge on any atom is 0.123 e. The lowest BCUT2D eigenvalue weighted by Gasteiger charge is -2.38. The molecule has 1 aromatic carbocycles. The second-order valence-corrected chi connectivity index (χ2v) is 6.87. The van der Waals surface area contributed by atoms with Crippen LogP contribution in [0.25, 0.3) is 0 Å². The maximum atomic E-state index is 14.5. The Hall–Kier alpha value is -1.04. The molecule has 3 rings (SSSR count). The van der Waals surface area contributed by atoms with E-state index in [9.17, 15) is 8.78 Å². The van der Waals surface area contributed by atoms with Crippen LogP contribution in [0.4, 0.5) is 8.78 Å². The zero-order valence-electron chi connectivity index (χ0n) is 13.5. The number of rotatable bonds is 4. The zero-order chi connectivity index (χ0) is 16.2. The Labute approximate surface area is 136 Å². The second kappa shape index (κ2) is 7.69. The van der Waals surface area contributed by atoms with Crippen molar-refractivity contribution in [2.45, 2.75) is 44.0 Å². The number of hydrogen-bond acceptors (Lipinski definition) is 3. The van der Waals surface area contributed by atoms with Crippen molar-refractivity contribution in [2.75, 3.05) is 26.2 Å². The molecule has 0 spiro atoms. The normalized spacial score (nSPS) is 32.8. The smallest absolute Gasteiger partial charge is 0.123 e. The van der Waals surface area contributed by atoms with Crippen molar-refractivity contribution in [3.63, 3.8) is 0 Å². The molecule has 1 aromatic rings. The van der Waals surface area contributed by atoms with Gasteiger partial charge in [0.1, 0.15) is 12.0 Å². The second-order valence-electron chi connectivity index (χ2n) is 6.87. The van der Waals surface area contributed by atoms with Gasteiger partial charge in [-0.15, -0.1) is 0 Å². The molecule has 0 aliphatic carbocycles. The standard InChI is InChI=1S/C18H26F2N2O/c19-15-5-3-13(4-6-15)10-14-7-8-22(11-16(14)20)12-18-17(21)2-1-9-23-18/h3-6,14,16-18H,1-2,7-12,21H2. The molecule has 2 heterocycles. The highest BCUT2D eigenvalue weighted by molar-refractivity contribution is 5.17. The van der Waals surface area contributed by atoms with Gasteiger partial charge in [-0.1, -0.05) is 12.1 Å². The molecular formula is C18H26F2N2O. The van der Waals surface area contributed by atoms with Crippen LogP contribution >= 0.6 is 0 Å². The van der Waals surface area contributed by atoms with Crippen LogP contribution in [0.2, 0.25) is 0 Å². The summed E-state index contributed by atoms with van der Waals surface area (Å²) in [7, 11) is 0. The summed E-state index contributed by atoms with van der Waals surface area (Å²) in [4.78, 5) is 2.14. The third-order valence-electron chi connectivity index (χ3n) is 5.10. The Morgan fingerprint density at radius 2 is 2.00 bits per heavy atom. The summed E-state index contributed by atoms with van der Waals surface area (Å²) >= 11 is 0. The van der Waals surface area contributed by atoms with E-state index in [1.807, 2.05) is 0 Å². The molecule has 0 amide bonds. The molecule has 0 bridgehead atoms. The Kier molecular flexibility index (Phi) is 5.62. The lowest BCUT2D eigenvalue weighted by Crippen LogP contribution is -2.51. The van der Waals surface area contributed by atoms with Crippen molar-refractivity contribution in [1.82, 2.24) is 4.90 Å². The van der Waals surface area contributed by atoms with E-state index in [0.29, 0.717) is 13.0 Å². The van der Waals surface area contributed by atoms with E-state index in [4.69, 9.17) is 10.5 Å². The number of halogens is 2. The van der Waals surface area contributed by atoms with Crippen molar-refractivity contribution >= 4 is 0 Å². The molecule has 2 N–H and O–H groups in total. The molecule has 23 heavy (non-hydrogen) atoms. The van der Waals surface area contributed by atoms with E-state index in [1.54, 1.807) is 12.1 Å². The molecule has 4 unspecified atom stereocenters.